The molecule has 0 spiro atoms. The molecule has 0 bridgehead atoms. The van der Waals surface area contributed by atoms with Gasteiger partial charge in [0.2, 0.25) is 0 Å². The van der Waals surface area contributed by atoms with Crippen LogP contribution in [0.2, 0.25) is 0 Å². The number of hydrogen-bond donors (Lipinski definition) is 3. The molecule has 0 radical (unpaired) electrons. The zero-order chi connectivity index (χ0) is 28.0. The first kappa shape index (κ1) is 25.5. The molecule has 4 N–H and O–H groups in total. The minimum atomic E-state index is -0.556. The van der Waals surface area contributed by atoms with Crippen LogP contribution >= 0.6 is 0 Å². The highest BCUT2D eigenvalue weighted by Gasteiger charge is 2.30. The Hall–Kier alpha value is -4.73. The third-order valence-electron chi connectivity index (χ3n) is 7.90. The van der Waals surface area contributed by atoms with Gasteiger partial charge < -0.3 is 30.0 Å². The van der Waals surface area contributed by atoms with Crippen LogP contribution in [0.5, 0.6) is 5.75 Å². The number of aromatic nitrogens is 1. The predicted octanol–water partition coefficient (Wildman–Crippen LogP) is 4.31. The summed E-state index contributed by atoms with van der Waals surface area (Å²) in [6, 6.07) is 14.5. The van der Waals surface area contributed by atoms with Crippen molar-refractivity contribution in [3.63, 3.8) is 0 Å². The van der Waals surface area contributed by atoms with Crippen LogP contribution in [-0.2, 0) is 6.42 Å². The second-order valence-corrected chi connectivity index (χ2v) is 10.4. The fourth-order valence-corrected chi connectivity index (χ4v) is 5.81. The number of rotatable bonds is 5. The average Bonchev–Trinajstić information content (AvgIpc) is 3.25. The van der Waals surface area contributed by atoms with Gasteiger partial charge in [-0.25, -0.2) is 9.59 Å². The number of fused-ring (bicyclic) bond motifs is 2. The normalized spacial score (nSPS) is 16.0. The number of benzene rings is 3. The quantitative estimate of drug-likeness (QED) is 0.253. The number of carbonyl (C=O) groups excluding carboxylic acids is 2. The van der Waals surface area contributed by atoms with Gasteiger partial charge in [0.1, 0.15) is 5.75 Å². The summed E-state index contributed by atoms with van der Waals surface area (Å²) in [4.78, 5) is 44.9. The van der Waals surface area contributed by atoms with E-state index in [0.717, 1.165) is 60.6 Å². The number of methoxy groups -OCH3 is 1. The molecule has 1 aromatic heterocycles. The Morgan fingerprint density at radius 1 is 1.02 bits per heavy atom. The van der Waals surface area contributed by atoms with Gasteiger partial charge in [0.15, 0.2) is 11.4 Å². The summed E-state index contributed by atoms with van der Waals surface area (Å²) in [6.07, 6.45) is 2.35. The molecule has 0 unspecified atom stereocenters. The number of hydrogen-bond acceptors (Lipinski definition) is 7. The lowest BCUT2D eigenvalue weighted by molar-refractivity contribution is 0.103. The maximum Gasteiger partial charge on any atom is 0.417 e. The van der Waals surface area contributed by atoms with Gasteiger partial charge in [0, 0.05) is 53.9 Å². The minimum Gasteiger partial charge on any atom is -0.497 e. The summed E-state index contributed by atoms with van der Waals surface area (Å²) in [5.41, 5.74) is 12.1. The van der Waals surface area contributed by atoms with E-state index in [1.54, 1.807) is 25.3 Å². The molecule has 0 atom stereocenters. The summed E-state index contributed by atoms with van der Waals surface area (Å²) in [5.74, 6) is 0.0241. The van der Waals surface area contributed by atoms with Crippen LogP contribution in [0.1, 0.15) is 39.9 Å². The number of nitrogens with one attached hydrogen (secondary N) is 2. The van der Waals surface area contributed by atoms with Crippen LogP contribution in [0.4, 0.5) is 21.9 Å². The Bertz CT molecular complexity index is 1680. The van der Waals surface area contributed by atoms with E-state index in [1.807, 2.05) is 42.2 Å². The summed E-state index contributed by atoms with van der Waals surface area (Å²) in [5, 5.41) is 3.06. The number of piperidine rings is 1. The van der Waals surface area contributed by atoms with Gasteiger partial charge >= 0.3 is 11.8 Å². The molecule has 10 heteroatoms. The highest BCUT2D eigenvalue weighted by molar-refractivity contribution is 6.11. The van der Waals surface area contributed by atoms with Crippen LogP contribution in [0, 0.1) is 6.92 Å². The second kappa shape index (κ2) is 10.1. The molecule has 2 amide bonds. The fraction of sp³-hybridized carbons (Fsp3) is 0.300. The molecular formula is C30H31N5O5. The Morgan fingerprint density at radius 3 is 2.58 bits per heavy atom. The predicted molar refractivity (Wildman–Crippen MR) is 154 cm³/mol. The molecule has 10 nitrogen and oxygen atoms in total. The molecule has 2 aliphatic rings. The molecule has 3 aromatic carbocycles. The number of nitrogens with two attached hydrogens (primary N) is 1. The number of anilines is 3. The van der Waals surface area contributed by atoms with Crippen molar-refractivity contribution in [3.05, 3.63) is 81.3 Å². The summed E-state index contributed by atoms with van der Waals surface area (Å²) < 4.78 is 10.5. The molecule has 206 valence electrons. The van der Waals surface area contributed by atoms with Crippen molar-refractivity contribution in [2.45, 2.75) is 32.2 Å². The van der Waals surface area contributed by atoms with E-state index in [-0.39, 0.29) is 17.9 Å². The molecular weight excluding hydrogens is 510 g/mol. The van der Waals surface area contributed by atoms with Crippen LogP contribution in [0.15, 0.2) is 57.7 Å². The monoisotopic (exact) mass is 541 g/mol. The zero-order valence-corrected chi connectivity index (χ0v) is 22.5. The van der Waals surface area contributed by atoms with Crippen molar-refractivity contribution in [1.82, 2.24) is 9.88 Å². The Morgan fingerprint density at radius 2 is 1.80 bits per heavy atom. The van der Waals surface area contributed by atoms with Gasteiger partial charge in [-0.3, -0.25) is 9.78 Å². The van der Waals surface area contributed by atoms with Gasteiger partial charge in [-0.2, -0.15) is 0 Å². The van der Waals surface area contributed by atoms with Crippen molar-refractivity contribution >= 4 is 40.0 Å². The smallest absolute Gasteiger partial charge is 0.417 e. The van der Waals surface area contributed by atoms with Crippen LogP contribution < -0.4 is 26.4 Å². The van der Waals surface area contributed by atoms with E-state index in [1.165, 1.54) is 0 Å². The number of aryl methyl sites for hydroxylation is 1. The first-order valence-corrected chi connectivity index (χ1v) is 13.4. The van der Waals surface area contributed by atoms with E-state index < -0.39 is 5.76 Å². The molecule has 40 heavy (non-hydrogen) atoms. The van der Waals surface area contributed by atoms with Gasteiger partial charge in [0.25, 0.3) is 0 Å². The average molecular weight is 542 g/mol. The number of ketones is 1. The fourth-order valence-electron chi connectivity index (χ4n) is 5.81. The molecule has 4 aromatic rings. The SMILES string of the molecule is COc1ccc2c(c1)CCN(C1CCN(c3cc(N)cc(C(=O)c4cc(C)c5[nH]c(=O)oc5c4)c3)CC1)C(=O)N2. The molecule has 6 rings (SSSR count). The molecule has 2 aliphatic heterocycles. The van der Waals surface area contributed by atoms with Crippen molar-refractivity contribution in [2.24, 2.45) is 0 Å². The Kier molecular flexibility index (Phi) is 6.45. The van der Waals surface area contributed by atoms with Crippen molar-refractivity contribution in [3.8, 4) is 5.75 Å². The highest BCUT2D eigenvalue weighted by Crippen LogP contribution is 2.30. The maximum absolute atomic E-state index is 13.4. The lowest BCUT2D eigenvalue weighted by Crippen LogP contribution is -2.49. The van der Waals surface area contributed by atoms with Gasteiger partial charge in [-0.15, -0.1) is 0 Å². The van der Waals surface area contributed by atoms with Gasteiger partial charge in [0.05, 0.1) is 12.6 Å². The molecule has 1 saturated heterocycles. The number of oxazole rings is 1. The Labute approximate surface area is 230 Å². The third-order valence-corrected chi connectivity index (χ3v) is 7.90. The number of nitrogen functional groups attached to an aromatic ring is 1. The van der Waals surface area contributed by atoms with Crippen molar-refractivity contribution in [1.29, 1.82) is 0 Å². The molecule has 3 heterocycles. The zero-order valence-electron chi connectivity index (χ0n) is 22.5. The topological polar surface area (TPSA) is 134 Å². The highest BCUT2D eigenvalue weighted by atomic mass is 16.5. The van der Waals surface area contributed by atoms with E-state index in [0.29, 0.717) is 34.5 Å². The van der Waals surface area contributed by atoms with Crippen LogP contribution in [0.25, 0.3) is 11.1 Å². The number of amides is 2. The maximum atomic E-state index is 13.4. The number of ether oxygens (including phenoxy) is 1. The van der Waals surface area contributed by atoms with Crippen LogP contribution in [-0.4, -0.2) is 54.5 Å². The van der Waals surface area contributed by atoms with Crippen molar-refractivity contribution < 1.29 is 18.7 Å². The first-order valence-electron chi connectivity index (χ1n) is 13.4. The van der Waals surface area contributed by atoms with E-state index in [2.05, 4.69) is 15.2 Å². The minimum absolute atomic E-state index is 0.0790. The number of urea groups is 1. The largest absolute Gasteiger partial charge is 0.497 e. The van der Waals surface area contributed by atoms with Gasteiger partial charge in [-0.1, -0.05) is 0 Å². The van der Waals surface area contributed by atoms with Crippen molar-refractivity contribution in [2.75, 3.05) is 42.7 Å². The second-order valence-electron chi connectivity index (χ2n) is 10.4. The lowest BCUT2D eigenvalue weighted by atomic mass is 9.98. The summed E-state index contributed by atoms with van der Waals surface area (Å²) in [6.45, 7) is 3.91. The van der Waals surface area contributed by atoms with Crippen LogP contribution in [0.3, 0.4) is 0 Å². The lowest BCUT2D eigenvalue weighted by Gasteiger charge is -2.39. The first-order chi connectivity index (χ1) is 19.3. The summed E-state index contributed by atoms with van der Waals surface area (Å²) >= 11 is 0. The van der Waals surface area contributed by atoms with E-state index in [9.17, 15) is 14.4 Å². The number of nitrogens with zero attached hydrogens (tertiary/aromatic N) is 2. The van der Waals surface area contributed by atoms with Gasteiger partial charge in [-0.05, 0) is 85.8 Å². The Balaban J connectivity index is 1.16. The number of aromatic amines is 1. The van der Waals surface area contributed by atoms with E-state index in [4.69, 9.17) is 14.9 Å². The molecule has 0 aliphatic carbocycles. The summed E-state index contributed by atoms with van der Waals surface area (Å²) in [7, 11) is 1.64. The molecule has 1 fully saturated rings. The number of H-pyrrole nitrogens is 1. The standard InChI is InChI=1S/C30H31N5O5/c1-17-11-19(15-26-27(17)33-30(38)40-26)28(36)20-12-21(31)16-23(13-20)34-8-6-22(7-9-34)35-10-5-18-14-24(39-2)3-4-25(18)32-29(35)37/h3-4,11-16,22H,5-10,31H2,1-2H3,(H,32,37)(H,33,38). The number of carbonyl (C=O) groups is 2. The van der Waals surface area contributed by atoms with E-state index >= 15 is 0 Å². The molecule has 0 saturated carbocycles. The third kappa shape index (κ3) is 4.76.